The summed E-state index contributed by atoms with van der Waals surface area (Å²) < 4.78 is 0.876. The van der Waals surface area contributed by atoms with E-state index >= 15 is 0 Å². The van der Waals surface area contributed by atoms with E-state index in [-0.39, 0.29) is 5.84 Å². The van der Waals surface area contributed by atoms with E-state index in [1.54, 1.807) is 6.33 Å². The predicted molar refractivity (Wildman–Crippen MR) is 81.0 cm³/mol. The molecule has 2 heterocycles. The largest absolute Gasteiger partial charge is 0.384 e. The van der Waals surface area contributed by atoms with Crippen LogP contribution in [0.5, 0.6) is 0 Å². The fourth-order valence-electron chi connectivity index (χ4n) is 1.73. The highest BCUT2D eigenvalue weighted by Gasteiger charge is 2.12. The first-order chi connectivity index (χ1) is 9.65. The smallest absolute Gasteiger partial charge is 0.181 e. The van der Waals surface area contributed by atoms with E-state index in [4.69, 9.17) is 11.1 Å². The number of hydrogen-bond donors (Lipinski definition) is 3. The molecule has 0 aliphatic rings. The van der Waals surface area contributed by atoms with Crippen LogP contribution in [0.2, 0.25) is 0 Å². The van der Waals surface area contributed by atoms with Crippen molar-refractivity contribution in [1.82, 2.24) is 19.9 Å². The second-order valence-corrected chi connectivity index (χ2v) is 5.88. The van der Waals surface area contributed by atoms with Crippen LogP contribution in [-0.4, -0.2) is 25.8 Å². The van der Waals surface area contributed by atoms with Crippen LogP contribution < -0.4 is 5.73 Å². The van der Waals surface area contributed by atoms with Gasteiger partial charge in [0.15, 0.2) is 5.65 Å². The molecule has 0 spiro atoms. The van der Waals surface area contributed by atoms with Crippen LogP contribution in [-0.2, 0) is 0 Å². The van der Waals surface area contributed by atoms with Crippen molar-refractivity contribution in [3.05, 3.63) is 40.9 Å². The number of halogens is 1. The Kier molecular flexibility index (Phi) is 3.41. The predicted octanol–water partition coefficient (Wildman–Crippen LogP) is 2.55. The first-order valence-electron chi connectivity index (χ1n) is 5.61. The molecular weight excluding hydrogens is 340 g/mol. The lowest BCUT2D eigenvalue weighted by atomic mass is 10.2. The van der Waals surface area contributed by atoms with Gasteiger partial charge < -0.3 is 10.7 Å². The number of aromatic amines is 1. The van der Waals surface area contributed by atoms with Gasteiger partial charge in [-0.25, -0.2) is 15.0 Å². The number of H-pyrrole nitrogens is 1. The summed E-state index contributed by atoms with van der Waals surface area (Å²) in [5, 5.41) is 8.41. The third-order valence-electron chi connectivity index (χ3n) is 2.63. The summed E-state index contributed by atoms with van der Waals surface area (Å²) in [7, 11) is 0. The SMILES string of the molecule is N=C(N)c1cc(Br)ccc1Sc1ncnc2nc[nH]c12. The first-order valence-corrected chi connectivity index (χ1v) is 7.22. The van der Waals surface area contributed by atoms with Gasteiger partial charge in [-0.15, -0.1) is 0 Å². The number of hydrogen-bond acceptors (Lipinski definition) is 5. The second-order valence-electron chi connectivity index (χ2n) is 3.94. The van der Waals surface area contributed by atoms with Gasteiger partial charge in [-0.05, 0) is 18.2 Å². The Balaban J connectivity index is 2.07. The molecule has 100 valence electrons. The summed E-state index contributed by atoms with van der Waals surface area (Å²) in [6.07, 6.45) is 3.05. The molecule has 0 fully saturated rings. The second kappa shape index (κ2) is 5.22. The molecule has 6 nitrogen and oxygen atoms in total. The van der Waals surface area contributed by atoms with Gasteiger partial charge in [0.05, 0.1) is 6.33 Å². The normalized spacial score (nSPS) is 10.8. The van der Waals surface area contributed by atoms with Crippen molar-refractivity contribution in [3.8, 4) is 0 Å². The Morgan fingerprint density at radius 2 is 2.15 bits per heavy atom. The summed E-state index contributed by atoms with van der Waals surface area (Å²) in [5.41, 5.74) is 7.68. The monoisotopic (exact) mass is 348 g/mol. The molecule has 0 radical (unpaired) electrons. The third kappa shape index (κ3) is 2.39. The van der Waals surface area contributed by atoms with E-state index in [1.165, 1.54) is 18.1 Å². The van der Waals surface area contributed by atoms with Crippen molar-refractivity contribution in [2.75, 3.05) is 0 Å². The number of fused-ring (bicyclic) bond motifs is 1. The molecule has 4 N–H and O–H groups in total. The number of aromatic nitrogens is 4. The van der Waals surface area contributed by atoms with Crippen molar-refractivity contribution in [2.45, 2.75) is 9.92 Å². The number of nitrogen functional groups attached to an aromatic ring is 1. The average molecular weight is 349 g/mol. The summed E-state index contributed by atoms with van der Waals surface area (Å²) in [6, 6.07) is 5.62. The molecule has 8 heteroatoms. The molecule has 0 amide bonds. The van der Waals surface area contributed by atoms with Gasteiger partial charge in [-0.3, -0.25) is 5.41 Å². The molecule has 0 atom stereocenters. The zero-order valence-corrected chi connectivity index (χ0v) is 12.5. The molecule has 20 heavy (non-hydrogen) atoms. The minimum absolute atomic E-state index is 0.0173. The van der Waals surface area contributed by atoms with Crippen LogP contribution in [0.25, 0.3) is 11.2 Å². The first kappa shape index (κ1) is 13.1. The van der Waals surface area contributed by atoms with Crippen LogP contribution in [0, 0.1) is 5.41 Å². The molecule has 0 bridgehead atoms. The maximum atomic E-state index is 7.66. The van der Waals surface area contributed by atoms with Gasteiger partial charge in [0, 0.05) is 14.9 Å². The lowest BCUT2D eigenvalue weighted by Crippen LogP contribution is -2.12. The van der Waals surface area contributed by atoms with Crippen LogP contribution in [0.1, 0.15) is 5.56 Å². The molecule has 0 aliphatic carbocycles. The van der Waals surface area contributed by atoms with Crippen LogP contribution in [0.3, 0.4) is 0 Å². The van der Waals surface area contributed by atoms with Gasteiger partial charge in [0.1, 0.15) is 22.7 Å². The zero-order valence-electron chi connectivity index (χ0n) is 10.1. The standard InChI is InChI=1S/C12H9BrN6S/c13-6-1-2-8(7(3-6)10(14)15)20-12-9-11(17-4-16-9)18-5-19-12/h1-5H,(H3,14,15)(H,16,17,18,19). The Morgan fingerprint density at radius 1 is 1.30 bits per heavy atom. The minimum atomic E-state index is 0.0173. The van der Waals surface area contributed by atoms with Crippen LogP contribution in [0.4, 0.5) is 0 Å². The summed E-state index contributed by atoms with van der Waals surface area (Å²) in [6.45, 7) is 0. The van der Waals surface area contributed by atoms with Crippen LogP contribution in [0.15, 0.2) is 45.2 Å². The van der Waals surface area contributed by atoms with Gasteiger partial charge in [0.2, 0.25) is 0 Å². The number of nitrogens with two attached hydrogens (primary N) is 1. The molecule has 1 aromatic carbocycles. The summed E-state index contributed by atoms with van der Waals surface area (Å²) in [5.74, 6) is 0.0173. The molecule has 3 aromatic rings. The number of benzene rings is 1. The van der Waals surface area contributed by atoms with Gasteiger partial charge in [0.25, 0.3) is 0 Å². The van der Waals surface area contributed by atoms with Gasteiger partial charge in [-0.1, -0.05) is 27.7 Å². The Morgan fingerprint density at radius 3 is 2.95 bits per heavy atom. The van der Waals surface area contributed by atoms with Crippen LogP contribution >= 0.6 is 27.7 Å². The fourth-order valence-corrected chi connectivity index (χ4v) is 3.06. The number of imidazole rings is 1. The highest BCUT2D eigenvalue weighted by atomic mass is 79.9. The van der Waals surface area contributed by atoms with E-state index < -0.39 is 0 Å². The summed E-state index contributed by atoms with van der Waals surface area (Å²) >= 11 is 4.80. The van der Waals surface area contributed by atoms with Gasteiger partial charge in [-0.2, -0.15) is 0 Å². The van der Waals surface area contributed by atoms with Crippen molar-refractivity contribution >= 4 is 44.7 Å². The van der Waals surface area contributed by atoms with E-state index in [9.17, 15) is 0 Å². The molecule has 0 aliphatic heterocycles. The highest BCUT2D eigenvalue weighted by molar-refractivity contribution is 9.10. The Hall–Kier alpha value is -1.93. The minimum Gasteiger partial charge on any atom is -0.384 e. The molecule has 2 aromatic heterocycles. The fraction of sp³-hybridized carbons (Fsp3) is 0. The Labute approximate surface area is 126 Å². The van der Waals surface area contributed by atoms with Crippen molar-refractivity contribution in [2.24, 2.45) is 5.73 Å². The topological polar surface area (TPSA) is 104 Å². The van der Waals surface area contributed by atoms with E-state index in [1.807, 2.05) is 18.2 Å². The van der Waals surface area contributed by atoms with Crippen molar-refractivity contribution < 1.29 is 0 Å². The molecule has 3 rings (SSSR count). The third-order valence-corrected chi connectivity index (χ3v) is 4.20. The number of amidine groups is 1. The Bertz CT molecular complexity index is 799. The lowest BCUT2D eigenvalue weighted by molar-refractivity contribution is 1.08. The molecule has 0 saturated heterocycles. The van der Waals surface area contributed by atoms with Crippen molar-refractivity contribution in [3.63, 3.8) is 0 Å². The number of nitrogens with one attached hydrogen (secondary N) is 2. The van der Waals surface area contributed by atoms with E-state index in [0.717, 1.165) is 19.9 Å². The average Bonchev–Trinajstić information content (AvgIpc) is 2.90. The number of rotatable bonds is 3. The highest BCUT2D eigenvalue weighted by Crippen LogP contribution is 2.33. The molecular formula is C12H9BrN6S. The zero-order chi connectivity index (χ0) is 14.1. The van der Waals surface area contributed by atoms with Crippen molar-refractivity contribution in [1.29, 1.82) is 5.41 Å². The number of nitrogens with zero attached hydrogens (tertiary/aromatic N) is 3. The van der Waals surface area contributed by atoms with E-state index in [2.05, 4.69) is 35.9 Å². The maximum absolute atomic E-state index is 7.66. The van der Waals surface area contributed by atoms with E-state index in [0.29, 0.717) is 11.2 Å². The molecule has 0 unspecified atom stereocenters. The lowest BCUT2D eigenvalue weighted by Gasteiger charge is -2.08. The molecule has 0 saturated carbocycles. The quantitative estimate of drug-likeness (QED) is 0.383. The maximum Gasteiger partial charge on any atom is 0.181 e. The van der Waals surface area contributed by atoms with Gasteiger partial charge >= 0.3 is 0 Å². The summed E-state index contributed by atoms with van der Waals surface area (Å²) in [4.78, 5) is 16.3.